The first kappa shape index (κ1) is 9.93. The number of carbonyl (C=O) groups excluding carboxylic acids is 1. The number of aromatic amines is 1. The fourth-order valence-corrected chi connectivity index (χ4v) is 1.88. The molecule has 0 aliphatic heterocycles. The number of carbonyl (C=O) groups is 1. The van der Waals surface area contributed by atoms with E-state index in [-0.39, 0.29) is 0 Å². The number of hydrogen-bond donors (Lipinski definition) is 2. The first-order valence-electron chi connectivity index (χ1n) is 4.99. The van der Waals surface area contributed by atoms with Gasteiger partial charge in [0.05, 0.1) is 6.04 Å². The van der Waals surface area contributed by atoms with Crippen LogP contribution in [0.2, 0.25) is 0 Å². The van der Waals surface area contributed by atoms with E-state index >= 15 is 0 Å². The third kappa shape index (κ3) is 1.78. The number of aryl methyl sites for hydroxylation is 1. The highest BCUT2D eigenvalue weighted by molar-refractivity contribution is 5.85. The number of H-pyrrole nitrogens is 1. The van der Waals surface area contributed by atoms with E-state index in [0.717, 1.165) is 28.4 Å². The van der Waals surface area contributed by atoms with Crippen LogP contribution in [-0.2, 0) is 11.2 Å². The fourth-order valence-electron chi connectivity index (χ4n) is 1.88. The summed E-state index contributed by atoms with van der Waals surface area (Å²) in [6.07, 6.45) is 1.39. The maximum Gasteiger partial charge on any atom is 0.137 e. The van der Waals surface area contributed by atoms with Gasteiger partial charge in [0, 0.05) is 16.6 Å². The van der Waals surface area contributed by atoms with Crippen LogP contribution in [0.4, 0.5) is 0 Å². The fraction of sp³-hybridized carbons (Fsp3) is 0.250. The smallest absolute Gasteiger partial charge is 0.137 e. The number of para-hydroxylation sites is 1. The molecule has 1 heterocycles. The predicted molar refractivity (Wildman–Crippen MR) is 60.8 cm³/mol. The quantitative estimate of drug-likeness (QED) is 0.742. The summed E-state index contributed by atoms with van der Waals surface area (Å²) in [4.78, 5) is 13.8. The minimum atomic E-state index is -0.414. The molecule has 0 saturated heterocycles. The van der Waals surface area contributed by atoms with E-state index in [1.54, 1.807) is 0 Å². The van der Waals surface area contributed by atoms with Crippen molar-refractivity contribution in [2.75, 3.05) is 0 Å². The normalized spacial score (nSPS) is 12.9. The van der Waals surface area contributed by atoms with E-state index in [1.807, 2.05) is 31.2 Å². The van der Waals surface area contributed by atoms with Gasteiger partial charge in [-0.05, 0) is 25.0 Å². The zero-order valence-electron chi connectivity index (χ0n) is 8.66. The maximum atomic E-state index is 10.5. The van der Waals surface area contributed by atoms with Crippen LogP contribution in [0.3, 0.4) is 0 Å². The summed E-state index contributed by atoms with van der Waals surface area (Å²) in [5, 5.41) is 1.16. The van der Waals surface area contributed by atoms with Gasteiger partial charge in [0.1, 0.15) is 6.29 Å². The van der Waals surface area contributed by atoms with E-state index in [4.69, 9.17) is 5.73 Å². The van der Waals surface area contributed by atoms with Gasteiger partial charge in [-0.15, -0.1) is 0 Å². The Morgan fingerprint density at radius 2 is 2.20 bits per heavy atom. The summed E-state index contributed by atoms with van der Waals surface area (Å²) < 4.78 is 0. The first-order valence-corrected chi connectivity index (χ1v) is 4.99. The van der Waals surface area contributed by atoms with Gasteiger partial charge in [-0.3, -0.25) is 0 Å². The van der Waals surface area contributed by atoms with Gasteiger partial charge in [-0.25, -0.2) is 0 Å². The monoisotopic (exact) mass is 202 g/mol. The molecule has 15 heavy (non-hydrogen) atoms. The minimum Gasteiger partial charge on any atom is -0.358 e. The van der Waals surface area contributed by atoms with Gasteiger partial charge in [0.2, 0.25) is 0 Å². The molecule has 2 aromatic rings. The van der Waals surface area contributed by atoms with Crippen molar-refractivity contribution in [3.63, 3.8) is 0 Å². The summed E-state index contributed by atoms with van der Waals surface area (Å²) in [7, 11) is 0. The Labute approximate surface area is 88.3 Å². The average molecular weight is 202 g/mol. The van der Waals surface area contributed by atoms with E-state index in [9.17, 15) is 4.79 Å². The van der Waals surface area contributed by atoms with E-state index in [2.05, 4.69) is 4.98 Å². The molecule has 3 N–H and O–H groups in total. The Bertz CT molecular complexity index is 487. The van der Waals surface area contributed by atoms with Gasteiger partial charge in [-0.2, -0.15) is 0 Å². The van der Waals surface area contributed by atoms with Gasteiger partial charge < -0.3 is 15.5 Å². The molecule has 3 nitrogen and oxygen atoms in total. The van der Waals surface area contributed by atoms with Crippen LogP contribution in [-0.4, -0.2) is 17.3 Å². The predicted octanol–water partition coefficient (Wildman–Crippen LogP) is 1.55. The van der Waals surface area contributed by atoms with Crippen molar-refractivity contribution in [2.45, 2.75) is 19.4 Å². The number of nitrogens with two attached hydrogens (primary N) is 1. The Kier molecular flexibility index (Phi) is 2.56. The van der Waals surface area contributed by atoms with Crippen LogP contribution in [0.15, 0.2) is 24.3 Å². The van der Waals surface area contributed by atoms with Gasteiger partial charge >= 0.3 is 0 Å². The lowest BCUT2D eigenvalue weighted by Gasteiger charge is -2.03. The summed E-state index contributed by atoms with van der Waals surface area (Å²) in [6, 6.07) is 7.64. The Morgan fingerprint density at radius 1 is 1.47 bits per heavy atom. The molecule has 1 unspecified atom stereocenters. The minimum absolute atomic E-state index is 0.414. The lowest BCUT2D eigenvalue weighted by atomic mass is 10.0. The molecule has 1 aromatic carbocycles. The van der Waals surface area contributed by atoms with Gasteiger partial charge in [0.25, 0.3) is 0 Å². The summed E-state index contributed by atoms with van der Waals surface area (Å²) in [5.41, 5.74) is 8.98. The highest BCUT2D eigenvalue weighted by Gasteiger charge is 2.10. The van der Waals surface area contributed by atoms with Gasteiger partial charge in [-0.1, -0.05) is 18.2 Å². The molecule has 1 aromatic heterocycles. The zero-order chi connectivity index (χ0) is 10.8. The van der Waals surface area contributed by atoms with Crippen molar-refractivity contribution in [3.8, 4) is 0 Å². The Morgan fingerprint density at radius 3 is 2.93 bits per heavy atom. The second kappa shape index (κ2) is 3.87. The molecule has 0 spiro atoms. The van der Waals surface area contributed by atoms with Crippen LogP contribution in [0, 0.1) is 6.92 Å². The van der Waals surface area contributed by atoms with Crippen molar-refractivity contribution >= 4 is 17.2 Å². The molecule has 0 amide bonds. The second-order valence-electron chi connectivity index (χ2n) is 3.78. The lowest BCUT2D eigenvalue weighted by molar-refractivity contribution is -0.108. The van der Waals surface area contributed by atoms with Crippen molar-refractivity contribution in [2.24, 2.45) is 5.73 Å². The maximum absolute atomic E-state index is 10.5. The summed E-state index contributed by atoms with van der Waals surface area (Å²) in [6.45, 7) is 2.01. The molecule has 2 rings (SSSR count). The standard InChI is InChI=1S/C12H14N2O/c1-8-11(6-9(13)7-15)10-4-2-3-5-12(10)14-8/h2-5,7,9,14H,6,13H2,1H3. The number of rotatable bonds is 3. The number of aromatic nitrogens is 1. The summed E-state index contributed by atoms with van der Waals surface area (Å²) in [5.74, 6) is 0. The number of benzene rings is 1. The molecule has 3 heteroatoms. The Balaban J connectivity index is 2.49. The van der Waals surface area contributed by atoms with E-state index in [0.29, 0.717) is 6.42 Å². The van der Waals surface area contributed by atoms with Crippen LogP contribution in [0.25, 0.3) is 10.9 Å². The van der Waals surface area contributed by atoms with E-state index in [1.165, 1.54) is 0 Å². The molecular weight excluding hydrogens is 188 g/mol. The van der Waals surface area contributed by atoms with Crippen LogP contribution >= 0.6 is 0 Å². The molecule has 0 fully saturated rings. The van der Waals surface area contributed by atoms with Crippen molar-refractivity contribution < 1.29 is 4.79 Å². The molecule has 0 bridgehead atoms. The van der Waals surface area contributed by atoms with Crippen LogP contribution in [0.1, 0.15) is 11.3 Å². The second-order valence-corrected chi connectivity index (χ2v) is 3.78. The summed E-state index contributed by atoms with van der Waals surface area (Å²) >= 11 is 0. The number of aldehydes is 1. The first-order chi connectivity index (χ1) is 7.22. The highest BCUT2D eigenvalue weighted by Crippen LogP contribution is 2.22. The number of fused-ring (bicyclic) bond motifs is 1. The Hall–Kier alpha value is -1.61. The topological polar surface area (TPSA) is 58.9 Å². The molecule has 0 aliphatic carbocycles. The average Bonchev–Trinajstić information content (AvgIpc) is 2.55. The molecule has 0 aliphatic rings. The third-order valence-electron chi connectivity index (χ3n) is 2.64. The lowest BCUT2D eigenvalue weighted by Crippen LogP contribution is -2.24. The van der Waals surface area contributed by atoms with Crippen molar-refractivity contribution in [1.82, 2.24) is 4.98 Å². The van der Waals surface area contributed by atoms with E-state index < -0.39 is 6.04 Å². The highest BCUT2D eigenvalue weighted by atomic mass is 16.1. The third-order valence-corrected chi connectivity index (χ3v) is 2.64. The van der Waals surface area contributed by atoms with Gasteiger partial charge in [0.15, 0.2) is 0 Å². The molecule has 1 atom stereocenters. The molecule has 78 valence electrons. The zero-order valence-corrected chi connectivity index (χ0v) is 8.66. The van der Waals surface area contributed by atoms with Crippen LogP contribution < -0.4 is 5.73 Å². The number of nitrogens with one attached hydrogen (secondary N) is 1. The molecular formula is C12H14N2O. The van der Waals surface area contributed by atoms with Crippen molar-refractivity contribution in [1.29, 1.82) is 0 Å². The largest absolute Gasteiger partial charge is 0.358 e. The van der Waals surface area contributed by atoms with Crippen LogP contribution in [0.5, 0.6) is 0 Å². The number of hydrogen-bond acceptors (Lipinski definition) is 2. The molecule has 0 radical (unpaired) electrons. The molecule has 0 saturated carbocycles. The SMILES string of the molecule is Cc1[nH]c2ccccc2c1CC(N)C=O. The van der Waals surface area contributed by atoms with Crippen molar-refractivity contribution in [3.05, 3.63) is 35.5 Å².